The Morgan fingerprint density at radius 3 is 2.60 bits per heavy atom. The first kappa shape index (κ1) is 30.6. The first-order valence-corrected chi connectivity index (χ1v) is 13.7. The van der Waals surface area contributed by atoms with E-state index in [0.717, 1.165) is 30.5 Å². The number of aliphatic imine (C=N–C) groups is 1. The molecule has 2 heterocycles. The summed E-state index contributed by atoms with van der Waals surface area (Å²) in [6, 6.07) is 7.98. The average molecular weight is 588 g/mol. The van der Waals surface area contributed by atoms with Gasteiger partial charge in [-0.3, -0.25) is 20.0 Å². The van der Waals surface area contributed by atoms with Crippen LogP contribution >= 0.6 is 0 Å². The Balaban J connectivity index is 1.70. The number of carbonyl (C=O) groups is 4. The third-order valence-corrected chi connectivity index (χ3v) is 6.62. The molecule has 13 nitrogen and oxygen atoms in total. The van der Waals surface area contributed by atoms with Gasteiger partial charge in [-0.2, -0.15) is 0 Å². The first-order valence-electron chi connectivity index (χ1n) is 13.7. The van der Waals surface area contributed by atoms with E-state index in [1.54, 1.807) is 32.0 Å². The number of amidine groups is 1. The molecule has 0 saturated heterocycles. The Hall–Kier alpha value is -5.33. The van der Waals surface area contributed by atoms with E-state index >= 15 is 0 Å². The molecule has 1 aliphatic carbocycles. The number of ether oxygens (including phenoxy) is 2. The number of hydrogen-bond donors (Lipinski definition) is 4. The van der Waals surface area contributed by atoms with Crippen LogP contribution in [0, 0.1) is 19.3 Å². The molecule has 13 heteroatoms. The molecular formula is C30H33N7O6. The highest BCUT2D eigenvalue weighted by Gasteiger charge is 2.31. The number of aryl methyl sites for hydroxylation is 1. The summed E-state index contributed by atoms with van der Waals surface area (Å²) in [5.41, 5.74) is 2.35. The van der Waals surface area contributed by atoms with Gasteiger partial charge in [-0.25, -0.2) is 19.5 Å². The molecule has 1 aromatic carbocycles. The van der Waals surface area contributed by atoms with E-state index in [4.69, 9.17) is 14.9 Å². The summed E-state index contributed by atoms with van der Waals surface area (Å²) in [4.78, 5) is 63.8. The SMILES string of the molecule is CCCNC(=O)c1ccc(C)c(N(C(=O)OCOC(=O)c2cccnc2)C(=NC=N)c2[nH]cc(C(=O)NC3CC3)c2C)c1. The Morgan fingerprint density at radius 2 is 1.93 bits per heavy atom. The molecule has 0 radical (unpaired) electrons. The van der Waals surface area contributed by atoms with Crippen LogP contribution in [0.1, 0.15) is 74.1 Å². The van der Waals surface area contributed by atoms with Gasteiger partial charge < -0.3 is 25.1 Å². The number of nitrogens with one attached hydrogen (secondary N) is 4. The van der Waals surface area contributed by atoms with E-state index in [1.807, 2.05) is 6.92 Å². The minimum absolute atomic E-state index is 0.0734. The summed E-state index contributed by atoms with van der Waals surface area (Å²) in [6.45, 7) is 5.06. The number of carbonyl (C=O) groups excluding carboxylic acids is 4. The first-order chi connectivity index (χ1) is 20.7. The average Bonchev–Trinajstić information content (AvgIpc) is 3.74. The van der Waals surface area contributed by atoms with Gasteiger partial charge in [0.15, 0.2) is 5.84 Å². The summed E-state index contributed by atoms with van der Waals surface area (Å²) in [5.74, 6) is -1.45. The number of rotatable bonds is 11. The fourth-order valence-electron chi connectivity index (χ4n) is 4.15. The van der Waals surface area contributed by atoms with Gasteiger partial charge in [0, 0.05) is 36.7 Å². The van der Waals surface area contributed by atoms with E-state index in [0.29, 0.717) is 23.2 Å². The summed E-state index contributed by atoms with van der Waals surface area (Å²) in [7, 11) is 0. The largest absolute Gasteiger partial charge is 0.424 e. The van der Waals surface area contributed by atoms with Gasteiger partial charge in [-0.05, 0) is 68.5 Å². The molecule has 0 bridgehead atoms. The number of H-pyrrole nitrogens is 1. The Kier molecular flexibility index (Phi) is 9.99. The molecule has 0 spiro atoms. The standard InChI is InChI=1S/C30H33N7O6/c1-4-11-33-27(38)20-8-7-18(2)24(13-20)37(30(41)43-17-42-29(40)21-6-5-12-32-14-21)26(35-16-31)25-19(3)23(15-34-25)28(39)36-22-9-10-22/h5-8,12-16,22,31,34H,4,9-11,17H2,1-3H3,(H,33,38)(H,36,39). The second-order valence-electron chi connectivity index (χ2n) is 9.83. The van der Waals surface area contributed by atoms with Gasteiger partial charge in [-0.15, -0.1) is 0 Å². The Bertz CT molecular complexity index is 1550. The molecule has 3 amide bonds. The van der Waals surface area contributed by atoms with Crippen LogP contribution in [0.2, 0.25) is 0 Å². The lowest BCUT2D eigenvalue weighted by molar-refractivity contribution is 0.0000599. The number of benzene rings is 1. The van der Waals surface area contributed by atoms with Crippen LogP contribution in [0.15, 0.2) is 53.9 Å². The lowest BCUT2D eigenvalue weighted by Gasteiger charge is -2.25. The third-order valence-electron chi connectivity index (χ3n) is 6.62. The third kappa shape index (κ3) is 7.50. The smallest absolute Gasteiger partial charge is 0.423 e. The van der Waals surface area contributed by atoms with E-state index in [2.05, 4.69) is 25.6 Å². The number of hydrogen-bond acceptors (Lipinski definition) is 8. The highest BCUT2D eigenvalue weighted by Crippen LogP contribution is 2.27. The fraction of sp³-hybridized carbons (Fsp3) is 0.300. The lowest BCUT2D eigenvalue weighted by Crippen LogP contribution is -2.40. The van der Waals surface area contributed by atoms with Crippen LogP contribution in [0.3, 0.4) is 0 Å². The molecule has 4 N–H and O–H groups in total. The second kappa shape index (κ2) is 14.0. The summed E-state index contributed by atoms with van der Waals surface area (Å²) in [6.07, 6.45) is 6.62. The van der Waals surface area contributed by atoms with Crippen molar-refractivity contribution < 1.29 is 28.7 Å². The minimum Gasteiger partial charge on any atom is -0.424 e. The molecule has 1 fully saturated rings. The predicted octanol–water partition coefficient (Wildman–Crippen LogP) is 3.87. The van der Waals surface area contributed by atoms with Crippen LogP contribution in [0.25, 0.3) is 0 Å². The van der Waals surface area contributed by atoms with E-state index in [9.17, 15) is 19.2 Å². The van der Waals surface area contributed by atoms with Crippen LogP contribution < -0.4 is 15.5 Å². The van der Waals surface area contributed by atoms with Crippen molar-refractivity contribution in [3.8, 4) is 0 Å². The van der Waals surface area contributed by atoms with Crippen molar-refractivity contribution in [3.63, 3.8) is 0 Å². The summed E-state index contributed by atoms with van der Waals surface area (Å²) < 4.78 is 10.5. The lowest BCUT2D eigenvalue weighted by atomic mass is 10.1. The molecule has 2 aromatic heterocycles. The van der Waals surface area contributed by atoms with Gasteiger partial charge in [-0.1, -0.05) is 13.0 Å². The quantitative estimate of drug-likeness (QED) is 0.114. The molecule has 43 heavy (non-hydrogen) atoms. The number of anilines is 1. The van der Waals surface area contributed by atoms with E-state index in [-0.39, 0.29) is 46.2 Å². The van der Waals surface area contributed by atoms with Crippen molar-refractivity contribution >= 4 is 41.7 Å². The molecule has 1 saturated carbocycles. The van der Waals surface area contributed by atoms with Crippen LogP contribution in [-0.4, -0.2) is 65.4 Å². The van der Waals surface area contributed by atoms with Crippen molar-refractivity contribution in [1.29, 1.82) is 5.41 Å². The maximum atomic E-state index is 13.7. The van der Waals surface area contributed by atoms with Crippen LogP contribution in [-0.2, 0) is 9.47 Å². The highest BCUT2D eigenvalue weighted by molar-refractivity contribution is 6.24. The highest BCUT2D eigenvalue weighted by atomic mass is 16.7. The van der Waals surface area contributed by atoms with Gasteiger partial charge in [0.2, 0.25) is 6.79 Å². The van der Waals surface area contributed by atoms with E-state index in [1.165, 1.54) is 30.7 Å². The molecule has 3 aromatic rings. The molecular weight excluding hydrogens is 554 g/mol. The van der Waals surface area contributed by atoms with Crippen molar-refractivity contribution in [1.82, 2.24) is 20.6 Å². The van der Waals surface area contributed by atoms with Crippen LogP contribution in [0.5, 0.6) is 0 Å². The summed E-state index contributed by atoms with van der Waals surface area (Å²) >= 11 is 0. The molecule has 1 aliphatic rings. The van der Waals surface area contributed by atoms with Gasteiger partial charge in [0.1, 0.15) is 6.34 Å². The van der Waals surface area contributed by atoms with Crippen molar-refractivity contribution in [2.75, 3.05) is 18.2 Å². The molecule has 224 valence electrons. The van der Waals surface area contributed by atoms with Gasteiger partial charge in [0.05, 0.1) is 22.5 Å². The zero-order valence-corrected chi connectivity index (χ0v) is 24.1. The Labute approximate surface area is 248 Å². The summed E-state index contributed by atoms with van der Waals surface area (Å²) in [5, 5.41) is 13.5. The monoisotopic (exact) mass is 587 g/mol. The fourth-order valence-corrected chi connectivity index (χ4v) is 4.15. The normalized spacial score (nSPS) is 12.7. The number of aromatic amines is 1. The maximum Gasteiger partial charge on any atom is 0.423 e. The second-order valence-corrected chi connectivity index (χ2v) is 9.83. The van der Waals surface area contributed by atoms with Gasteiger partial charge in [0.25, 0.3) is 11.8 Å². The van der Waals surface area contributed by atoms with E-state index < -0.39 is 18.9 Å². The van der Waals surface area contributed by atoms with Crippen LogP contribution in [0.4, 0.5) is 10.5 Å². The number of aromatic nitrogens is 2. The molecule has 0 atom stereocenters. The number of pyridine rings is 1. The van der Waals surface area contributed by atoms with Crippen molar-refractivity contribution in [2.24, 2.45) is 4.99 Å². The van der Waals surface area contributed by atoms with Crippen molar-refractivity contribution in [2.45, 2.75) is 46.1 Å². The van der Waals surface area contributed by atoms with Gasteiger partial charge >= 0.3 is 12.1 Å². The zero-order valence-electron chi connectivity index (χ0n) is 24.1. The zero-order chi connectivity index (χ0) is 30.9. The predicted molar refractivity (Wildman–Crippen MR) is 159 cm³/mol. The molecule has 0 unspecified atom stereocenters. The van der Waals surface area contributed by atoms with Crippen molar-refractivity contribution in [3.05, 3.63) is 82.4 Å². The topological polar surface area (TPSA) is 179 Å². The number of esters is 1. The minimum atomic E-state index is -1.01. The molecule has 0 aliphatic heterocycles. The molecule has 4 rings (SSSR count). The number of amides is 3. The maximum absolute atomic E-state index is 13.7. The number of nitrogens with zero attached hydrogens (tertiary/aromatic N) is 3. The Morgan fingerprint density at radius 1 is 1.14 bits per heavy atom.